The van der Waals surface area contributed by atoms with Gasteiger partial charge in [0, 0.05) is 16.2 Å². The number of halogens is 1. The largest absolute Gasteiger partial charge is 0.467 e. The normalized spacial score (nSPS) is 21.2. The van der Waals surface area contributed by atoms with Crippen molar-refractivity contribution < 1.29 is 9.53 Å². The molecule has 0 aliphatic carbocycles. The number of ether oxygens (including phenoxy) is 1. The predicted molar refractivity (Wildman–Crippen MR) is 91.8 cm³/mol. The van der Waals surface area contributed by atoms with Crippen LogP contribution in [0.4, 0.5) is 5.69 Å². The molecule has 122 valence electrons. The molecule has 0 aromatic heterocycles. The van der Waals surface area contributed by atoms with Gasteiger partial charge in [0.05, 0.1) is 7.11 Å². The van der Waals surface area contributed by atoms with E-state index in [-0.39, 0.29) is 17.6 Å². The van der Waals surface area contributed by atoms with E-state index in [4.69, 9.17) is 16.3 Å². The van der Waals surface area contributed by atoms with Crippen LogP contribution in [0.2, 0.25) is 5.02 Å². The van der Waals surface area contributed by atoms with Gasteiger partial charge >= 0.3 is 5.97 Å². The fourth-order valence-corrected chi connectivity index (χ4v) is 3.96. The Bertz CT molecular complexity index is 556. The van der Waals surface area contributed by atoms with Gasteiger partial charge in [-0.15, -0.1) is 0 Å². The molecule has 0 saturated carbocycles. The smallest absolute Gasteiger partial charge is 0.328 e. The van der Waals surface area contributed by atoms with Gasteiger partial charge in [0.15, 0.2) is 0 Å². The number of fused-ring (bicyclic) bond motifs is 1. The second-order valence-electron chi connectivity index (χ2n) is 6.82. The molecule has 2 rings (SSSR count). The Balaban J connectivity index is 2.56. The number of hydrogen-bond acceptors (Lipinski definition) is 3. The van der Waals surface area contributed by atoms with Crippen molar-refractivity contribution in [1.29, 1.82) is 0 Å². The summed E-state index contributed by atoms with van der Waals surface area (Å²) in [4.78, 5) is 14.6. The molecule has 0 fully saturated rings. The third-order valence-corrected chi connectivity index (χ3v) is 4.82. The molecule has 0 amide bonds. The van der Waals surface area contributed by atoms with Gasteiger partial charge < -0.3 is 9.64 Å². The van der Waals surface area contributed by atoms with Crippen LogP contribution in [0.25, 0.3) is 0 Å². The molecule has 22 heavy (non-hydrogen) atoms. The number of esters is 1. The number of nitrogens with zero attached hydrogens (tertiary/aromatic N) is 1. The number of carbonyl (C=O) groups excluding carboxylic acids is 1. The number of benzene rings is 1. The van der Waals surface area contributed by atoms with Gasteiger partial charge in [-0.2, -0.15) is 0 Å². The van der Waals surface area contributed by atoms with Crippen molar-refractivity contribution in [2.24, 2.45) is 0 Å². The molecule has 1 heterocycles. The third-order valence-electron chi connectivity index (χ3n) is 4.58. The van der Waals surface area contributed by atoms with E-state index in [0.717, 1.165) is 30.0 Å². The minimum absolute atomic E-state index is 0.103. The number of methoxy groups -OCH3 is 1. The first-order valence-corrected chi connectivity index (χ1v) is 8.36. The predicted octanol–water partition coefficient (Wildman–Crippen LogP) is 4.77. The first kappa shape index (κ1) is 17.1. The summed E-state index contributed by atoms with van der Waals surface area (Å²) in [6, 6.07) is 5.73. The molecule has 1 aromatic carbocycles. The standard InChI is InChI=1S/C18H26ClNO2/c1-6-7-16(17(21)22-5)20-15-9-8-13(19)10-14(15)12(2)11-18(20,3)4/h8-10,12,16H,6-7,11H2,1-5H3/t12-,16-/m0/s1. The lowest BCUT2D eigenvalue weighted by Crippen LogP contribution is -2.56. The van der Waals surface area contributed by atoms with E-state index >= 15 is 0 Å². The first-order valence-electron chi connectivity index (χ1n) is 7.98. The van der Waals surface area contributed by atoms with Crippen molar-refractivity contribution in [2.45, 2.75) is 64.5 Å². The fourth-order valence-electron chi connectivity index (χ4n) is 3.77. The van der Waals surface area contributed by atoms with Crippen LogP contribution in [0.15, 0.2) is 18.2 Å². The van der Waals surface area contributed by atoms with Crippen LogP contribution in [0.3, 0.4) is 0 Å². The Labute approximate surface area is 138 Å². The topological polar surface area (TPSA) is 29.5 Å². The van der Waals surface area contributed by atoms with Crippen LogP contribution in [-0.2, 0) is 9.53 Å². The van der Waals surface area contributed by atoms with Crippen LogP contribution in [0.1, 0.15) is 58.4 Å². The van der Waals surface area contributed by atoms with Gasteiger partial charge in [0.25, 0.3) is 0 Å². The van der Waals surface area contributed by atoms with Crippen molar-refractivity contribution >= 4 is 23.3 Å². The van der Waals surface area contributed by atoms with Gasteiger partial charge in [-0.25, -0.2) is 4.79 Å². The lowest BCUT2D eigenvalue weighted by molar-refractivity contribution is -0.142. The van der Waals surface area contributed by atoms with Crippen molar-refractivity contribution in [2.75, 3.05) is 12.0 Å². The average Bonchev–Trinajstić information content (AvgIpc) is 2.45. The van der Waals surface area contributed by atoms with Gasteiger partial charge in [-0.1, -0.05) is 31.9 Å². The fraction of sp³-hybridized carbons (Fsp3) is 0.611. The van der Waals surface area contributed by atoms with Crippen LogP contribution < -0.4 is 4.90 Å². The average molecular weight is 324 g/mol. The van der Waals surface area contributed by atoms with E-state index in [1.165, 1.54) is 12.7 Å². The quantitative estimate of drug-likeness (QED) is 0.747. The van der Waals surface area contributed by atoms with E-state index in [2.05, 4.69) is 32.6 Å². The molecule has 0 bridgehead atoms. The maximum absolute atomic E-state index is 12.4. The lowest BCUT2D eigenvalue weighted by Gasteiger charge is -2.50. The summed E-state index contributed by atoms with van der Waals surface area (Å²) in [5, 5.41) is 0.746. The van der Waals surface area contributed by atoms with Crippen molar-refractivity contribution in [3.05, 3.63) is 28.8 Å². The third kappa shape index (κ3) is 3.10. The van der Waals surface area contributed by atoms with Gasteiger partial charge in [-0.3, -0.25) is 0 Å². The molecule has 1 aromatic rings. The molecule has 1 aliphatic heterocycles. The minimum Gasteiger partial charge on any atom is -0.467 e. The highest BCUT2D eigenvalue weighted by molar-refractivity contribution is 6.30. The summed E-state index contributed by atoms with van der Waals surface area (Å²) < 4.78 is 5.07. The van der Waals surface area contributed by atoms with Crippen molar-refractivity contribution in [3.8, 4) is 0 Å². The molecule has 3 nitrogen and oxygen atoms in total. The monoisotopic (exact) mass is 323 g/mol. The van der Waals surface area contributed by atoms with Crippen LogP contribution in [0, 0.1) is 0 Å². The molecular formula is C18H26ClNO2. The zero-order chi connectivity index (χ0) is 16.5. The first-order chi connectivity index (χ1) is 10.3. The van der Waals surface area contributed by atoms with Crippen molar-refractivity contribution in [1.82, 2.24) is 0 Å². The second kappa shape index (κ2) is 6.49. The van der Waals surface area contributed by atoms with Gasteiger partial charge in [0.1, 0.15) is 6.04 Å². The maximum atomic E-state index is 12.4. The van der Waals surface area contributed by atoms with E-state index in [1.807, 2.05) is 18.2 Å². The molecule has 0 unspecified atom stereocenters. The highest BCUT2D eigenvalue weighted by Gasteiger charge is 2.42. The highest BCUT2D eigenvalue weighted by atomic mass is 35.5. The lowest BCUT2D eigenvalue weighted by atomic mass is 9.78. The Hall–Kier alpha value is -1.22. The number of anilines is 1. The summed E-state index contributed by atoms with van der Waals surface area (Å²) in [6.45, 7) is 8.72. The highest BCUT2D eigenvalue weighted by Crippen LogP contribution is 2.45. The molecule has 0 saturated heterocycles. The molecule has 0 spiro atoms. The Morgan fingerprint density at radius 1 is 1.50 bits per heavy atom. The maximum Gasteiger partial charge on any atom is 0.328 e. The zero-order valence-electron chi connectivity index (χ0n) is 14.1. The van der Waals surface area contributed by atoms with Crippen molar-refractivity contribution in [3.63, 3.8) is 0 Å². The zero-order valence-corrected chi connectivity index (χ0v) is 14.9. The van der Waals surface area contributed by atoms with E-state index < -0.39 is 0 Å². The second-order valence-corrected chi connectivity index (χ2v) is 7.25. The van der Waals surface area contributed by atoms with E-state index in [0.29, 0.717) is 5.92 Å². The van der Waals surface area contributed by atoms with E-state index in [9.17, 15) is 4.79 Å². The molecule has 2 atom stereocenters. The SMILES string of the molecule is CCC[C@@H](C(=O)OC)N1c2ccc(Cl)cc2[C@@H](C)CC1(C)C. The summed E-state index contributed by atoms with van der Waals surface area (Å²) >= 11 is 6.18. The molecular weight excluding hydrogens is 298 g/mol. The minimum atomic E-state index is -0.252. The Kier molecular flexibility index (Phi) is 5.06. The molecule has 1 aliphatic rings. The van der Waals surface area contributed by atoms with Crippen LogP contribution in [0.5, 0.6) is 0 Å². The number of rotatable bonds is 4. The van der Waals surface area contributed by atoms with Crippen LogP contribution >= 0.6 is 11.6 Å². The Morgan fingerprint density at radius 3 is 2.77 bits per heavy atom. The van der Waals surface area contributed by atoms with Gasteiger partial charge in [-0.05, 0) is 56.4 Å². The van der Waals surface area contributed by atoms with E-state index in [1.54, 1.807) is 0 Å². The van der Waals surface area contributed by atoms with Crippen LogP contribution in [-0.4, -0.2) is 24.7 Å². The molecule has 0 radical (unpaired) electrons. The Morgan fingerprint density at radius 2 is 2.18 bits per heavy atom. The van der Waals surface area contributed by atoms with Gasteiger partial charge in [0.2, 0.25) is 0 Å². The summed E-state index contributed by atoms with van der Waals surface area (Å²) in [5.74, 6) is 0.255. The molecule has 0 N–H and O–H groups in total. The number of carbonyl (C=O) groups is 1. The summed E-state index contributed by atoms with van der Waals surface area (Å²) in [7, 11) is 1.47. The molecule has 4 heteroatoms. The number of hydrogen-bond donors (Lipinski definition) is 0. The summed E-state index contributed by atoms with van der Waals surface area (Å²) in [5.41, 5.74) is 2.22. The summed E-state index contributed by atoms with van der Waals surface area (Å²) in [6.07, 6.45) is 2.70.